The predicted molar refractivity (Wildman–Crippen MR) is 264 cm³/mol. The summed E-state index contributed by atoms with van der Waals surface area (Å²) in [4.78, 5) is 55.9. The first-order valence-electron chi connectivity index (χ1n) is 26.0. The van der Waals surface area contributed by atoms with Gasteiger partial charge in [-0.25, -0.2) is 9.55 Å². The lowest BCUT2D eigenvalue weighted by Crippen LogP contribution is -2.32. The molecule has 0 fully saturated rings. The van der Waals surface area contributed by atoms with Crippen LogP contribution in [0.25, 0.3) is 0 Å². The summed E-state index contributed by atoms with van der Waals surface area (Å²) in [6.07, 6.45) is 24.4. The van der Waals surface area contributed by atoms with E-state index >= 15 is 0 Å². The van der Waals surface area contributed by atoms with E-state index in [9.17, 15) is 23.8 Å². The Morgan fingerprint density at radius 1 is 0.615 bits per heavy atom. The van der Waals surface area contributed by atoms with Gasteiger partial charge in [0.1, 0.15) is 12.4 Å². The van der Waals surface area contributed by atoms with Crippen molar-refractivity contribution in [2.24, 2.45) is 53.1 Å². The molecule has 1 rings (SSSR count). The SMILES string of the molecule is CC(C)CCCC(C)CCCC(C)CCCC(C)CC(=O)OCC(COP(=O)(O)OCCCC(=O)C(N)Cc1cnc[nH]1)OC(=O)CC(C)CCCC(C)CCCC(C)CCCC(C)C. The third kappa shape index (κ3) is 34.8. The van der Waals surface area contributed by atoms with Crippen molar-refractivity contribution in [3.8, 4) is 0 Å². The average Bonchev–Trinajstić information content (AvgIpc) is 3.73. The molecule has 12 nitrogen and oxygen atoms in total. The van der Waals surface area contributed by atoms with Crippen LogP contribution in [0.4, 0.5) is 0 Å². The number of imidazole rings is 1. The molecule has 0 radical (unpaired) electrons. The number of phosphoric acid groups is 1. The molecular weight excluding hydrogens is 842 g/mol. The molecule has 1 aromatic rings. The van der Waals surface area contributed by atoms with Gasteiger partial charge in [0.05, 0.1) is 25.6 Å². The summed E-state index contributed by atoms with van der Waals surface area (Å²) in [5.74, 6) is 3.48. The minimum Gasteiger partial charge on any atom is -0.462 e. The Kier molecular flexibility index (Phi) is 33.7. The van der Waals surface area contributed by atoms with Gasteiger partial charge >= 0.3 is 19.8 Å². The Morgan fingerprint density at radius 2 is 1.05 bits per heavy atom. The topological polar surface area (TPSA) is 180 Å². The Hall–Kier alpha value is -2.11. The van der Waals surface area contributed by atoms with Crippen LogP contribution in [0.1, 0.15) is 216 Å². The number of rotatable bonds is 42. The van der Waals surface area contributed by atoms with E-state index in [1.165, 1.54) is 83.4 Å². The zero-order chi connectivity index (χ0) is 48.6. The van der Waals surface area contributed by atoms with E-state index < -0.39 is 38.5 Å². The number of aromatic nitrogens is 2. The van der Waals surface area contributed by atoms with Gasteiger partial charge in [0.2, 0.25) is 0 Å². The molecule has 0 aromatic carbocycles. The number of phosphoric ester groups is 1. The van der Waals surface area contributed by atoms with Crippen molar-refractivity contribution in [3.63, 3.8) is 0 Å². The number of aromatic amines is 1. The number of nitrogens with one attached hydrogen (secondary N) is 1. The maximum atomic E-state index is 13.2. The second-order valence-corrected chi connectivity index (χ2v) is 22.7. The molecule has 0 aliphatic heterocycles. The van der Waals surface area contributed by atoms with Crippen molar-refractivity contribution in [1.29, 1.82) is 0 Å². The molecule has 0 bridgehead atoms. The van der Waals surface area contributed by atoms with Gasteiger partial charge in [0.25, 0.3) is 0 Å². The number of H-pyrrole nitrogens is 1. The fourth-order valence-electron chi connectivity index (χ4n) is 8.53. The number of nitrogens with two attached hydrogens (primary N) is 1. The van der Waals surface area contributed by atoms with E-state index in [-0.39, 0.29) is 56.5 Å². The van der Waals surface area contributed by atoms with Crippen LogP contribution in [0.5, 0.6) is 0 Å². The van der Waals surface area contributed by atoms with Crippen LogP contribution in [0, 0.1) is 47.3 Å². The molecule has 0 aliphatic rings. The third-order valence-electron chi connectivity index (χ3n) is 12.9. The van der Waals surface area contributed by atoms with Gasteiger partial charge in [-0.2, -0.15) is 0 Å². The first kappa shape index (κ1) is 60.9. The summed E-state index contributed by atoms with van der Waals surface area (Å²) in [7, 11) is -4.59. The van der Waals surface area contributed by atoms with Crippen LogP contribution < -0.4 is 5.73 Å². The number of esters is 2. The van der Waals surface area contributed by atoms with Crippen LogP contribution >= 0.6 is 7.82 Å². The fourth-order valence-corrected chi connectivity index (χ4v) is 9.32. The number of hydrogen-bond acceptors (Lipinski definition) is 10. The van der Waals surface area contributed by atoms with Gasteiger partial charge in [0.15, 0.2) is 6.10 Å². The number of carbonyl (C=O) groups is 3. The molecule has 9 atom stereocenters. The lowest BCUT2D eigenvalue weighted by Gasteiger charge is -2.21. The Labute approximate surface area is 396 Å². The summed E-state index contributed by atoms with van der Waals surface area (Å²) < 4.78 is 34.5. The third-order valence-corrected chi connectivity index (χ3v) is 13.9. The first-order valence-corrected chi connectivity index (χ1v) is 27.5. The van der Waals surface area contributed by atoms with Crippen LogP contribution in [0.2, 0.25) is 0 Å². The number of ether oxygens (including phenoxy) is 2. The summed E-state index contributed by atoms with van der Waals surface area (Å²) in [6.45, 7) is 21.6. The van der Waals surface area contributed by atoms with Crippen molar-refractivity contribution in [2.45, 2.75) is 229 Å². The predicted octanol–water partition coefficient (Wildman–Crippen LogP) is 13.1. The summed E-state index contributed by atoms with van der Waals surface area (Å²) in [5.41, 5.74) is 6.74. The Bertz CT molecular complexity index is 1410. The average molecular weight is 940 g/mol. The standard InChI is InChI=1S/C52H98N3O9P/c1-39(2)18-11-20-41(5)22-13-24-43(7)26-15-28-45(9)32-51(57)61-36-48(37-63-65(59,60)62-31-17-30-50(56)49(53)34-47-35-54-38-55-47)64-52(58)33-46(10)29-16-27-44(8)25-14-23-42(6)21-12-19-40(3)4/h35,38-46,48-49H,11-34,36-37,53H2,1-10H3,(H,54,55)(H,59,60). The van der Waals surface area contributed by atoms with Crippen LogP contribution in [-0.2, 0) is 43.9 Å². The summed E-state index contributed by atoms with van der Waals surface area (Å²) >= 11 is 0. The zero-order valence-electron chi connectivity index (χ0n) is 43.0. The van der Waals surface area contributed by atoms with E-state index in [1.807, 2.05) is 13.8 Å². The van der Waals surface area contributed by atoms with Crippen LogP contribution in [-0.4, -0.2) is 64.5 Å². The Balaban J connectivity index is 2.60. The molecule has 0 amide bonds. The highest BCUT2D eigenvalue weighted by Crippen LogP contribution is 2.43. The second-order valence-electron chi connectivity index (χ2n) is 21.3. The minimum atomic E-state index is -4.59. The molecular formula is C52H98N3O9P. The Morgan fingerprint density at radius 3 is 1.48 bits per heavy atom. The number of hydrogen-bond donors (Lipinski definition) is 3. The van der Waals surface area contributed by atoms with Gasteiger partial charge in [0, 0.05) is 37.6 Å². The maximum absolute atomic E-state index is 13.2. The van der Waals surface area contributed by atoms with E-state index in [1.54, 1.807) is 6.20 Å². The molecule has 0 saturated carbocycles. The molecule has 9 unspecified atom stereocenters. The summed E-state index contributed by atoms with van der Waals surface area (Å²) in [6, 6.07) is -0.741. The number of Topliss-reactive ketones (excluding diaryl/α,β-unsaturated/α-hetero) is 1. The van der Waals surface area contributed by atoms with Gasteiger partial charge < -0.3 is 25.1 Å². The first-order chi connectivity index (χ1) is 30.7. The molecule has 0 saturated heterocycles. The van der Waals surface area contributed by atoms with Crippen molar-refractivity contribution < 1.29 is 42.4 Å². The van der Waals surface area contributed by atoms with Crippen molar-refractivity contribution in [2.75, 3.05) is 19.8 Å². The van der Waals surface area contributed by atoms with Crippen molar-refractivity contribution in [3.05, 3.63) is 18.2 Å². The molecule has 0 spiro atoms. The van der Waals surface area contributed by atoms with E-state index in [2.05, 4.69) is 65.4 Å². The number of ketones is 1. The van der Waals surface area contributed by atoms with Crippen molar-refractivity contribution >= 4 is 25.5 Å². The number of nitrogens with zero attached hydrogens (tertiary/aromatic N) is 1. The van der Waals surface area contributed by atoms with Gasteiger partial charge in [-0.15, -0.1) is 0 Å². The van der Waals surface area contributed by atoms with Crippen molar-refractivity contribution in [1.82, 2.24) is 9.97 Å². The molecule has 65 heavy (non-hydrogen) atoms. The smallest absolute Gasteiger partial charge is 0.462 e. The molecule has 13 heteroatoms. The molecule has 1 aromatic heterocycles. The minimum absolute atomic E-state index is 0.0517. The quantitative estimate of drug-likeness (QED) is 0.0322. The second kappa shape index (κ2) is 36.0. The monoisotopic (exact) mass is 940 g/mol. The lowest BCUT2D eigenvalue weighted by molar-refractivity contribution is -0.162. The highest BCUT2D eigenvalue weighted by Gasteiger charge is 2.27. The number of carbonyl (C=O) groups excluding carboxylic acids is 3. The molecule has 0 aliphatic carbocycles. The van der Waals surface area contributed by atoms with E-state index in [0.717, 1.165) is 67.9 Å². The van der Waals surface area contributed by atoms with Gasteiger partial charge in [-0.3, -0.25) is 23.4 Å². The maximum Gasteiger partial charge on any atom is 0.472 e. The van der Waals surface area contributed by atoms with Crippen LogP contribution in [0.15, 0.2) is 12.5 Å². The highest BCUT2D eigenvalue weighted by atomic mass is 31.2. The fraction of sp³-hybridized carbons (Fsp3) is 0.885. The molecule has 380 valence electrons. The normalized spacial score (nSPS) is 16.6. The lowest BCUT2D eigenvalue weighted by atomic mass is 9.91. The summed E-state index contributed by atoms with van der Waals surface area (Å²) in [5, 5.41) is 0. The molecule has 4 N–H and O–H groups in total. The zero-order valence-corrected chi connectivity index (χ0v) is 43.9. The van der Waals surface area contributed by atoms with Crippen LogP contribution in [0.3, 0.4) is 0 Å². The largest absolute Gasteiger partial charge is 0.472 e. The van der Waals surface area contributed by atoms with E-state index in [4.69, 9.17) is 24.3 Å². The highest BCUT2D eigenvalue weighted by molar-refractivity contribution is 7.47. The van der Waals surface area contributed by atoms with E-state index in [0.29, 0.717) is 18.3 Å². The van der Waals surface area contributed by atoms with Gasteiger partial charge in [-0.1, -0.05) is 185 Å². The van der Waals surface area contributed by atoms with Gasteiger partial charge in [-0.05, 0) is 53.8 Å². The molecule has 1 heterocycles.